The first-order chi connectivity index (χ1) is 7.65. The summed E-state index contributed by atoms with van der Waals surface area (Å²) in [4.78, 5) is 8.09. The van der Waals surface area contributed by atoms with Crippen LogP contribution in [-0.2, 0) is 10.8 Å². The Labute approximate surface area is 123 Å². The van der Waals surface area contributed by atoms with Crippen molar-refractivity contribution in [3.05, 3.63) is 9.47 Å². The molecule has 2 heterocycles. The first kappa shape index (κ1) is 13.0. The molecular formula is C5H2Br2N4OS4. The Morgan fingerprint density at radius 3 is 2.44 bits per heavy atom. The van der Waals surface area contributed by atoms with E-state index in [0.717, 1.165) is 15.9 Å². The summed E-state index contributed by atoms with van der Waals surface area (Å²) >= 11 is 10.1. The fraction of sp³-hybridized carbons (Fsp3) is 0.200. The van der Waals surface area contributed by atoms with Gasteiger partial charge in [-0.1, -0.05) is 11.8 Å². The van der Waals surface area contributed by atoms with E-state index in [0.29, 0.717) is 18.9 Å². The zero-order chi connectivity index (χ0) is 11.5. The van der Waals surface area contributed by atoms with Gasteiger partial charge in [0.25, 0.3) is 0 Å². The van der Waals surface area contributed by atoms with Crippen molar-refractivity contribution in [3.8, 4) is 0 Å². The minimum Gasteiger partial charge on any atom is -0.251 e. The molecule has 0 aliphatic carbocycles. The average molecular weight is 422 g/mol. The van der Waals surface area contributed by atoms with Crippen LogP contribution in [0.25, 0.3) is 0 Å². The van der Waals surface area contributed by atoms with Gasteiger partial charge in [-0.3, -0.25) is 4.21 Å². The first-order valence-corrected chi connectivity index (χ1v) is 9.08. The average Bonchev–Trinajstić information content (AvgIpc) is 2.84. The second kappa shape index (κ2) is 5.96. The van der Waals surface area contributed by atoms with Gasteiger partial charge in [-0.05, 0) is 54.9 Å². The quantitative estimate of drug-likeness (QED) is 0.707. The molecule has 11 heteroatoms. The van der Waals surface area contributed by atoms with E-state index in [1.54, 1.807) is 0 Å². The van der Waals surface area contributed by atoms with Crippen molar-refractivity contribution in [1.29, 1.82) is 0 Å². The molecule has 2 aromatic rings. The zero-order valence-electron chi connectivity index (χ0n) is 7.29. The topological polar surface area (TPSA) is 68.6 Å². The molecule has 0 aliphatic rings. The highest BCUT2D eigenvalue weighted by atomic mass is 79.9. The molecular weight excluding hydrogens is 420 g/mol. The SMILES string of the molecule is O=[S@@](CSc1nc(Br)ns1)c1nc(Br)ns1. The molecule has 0 radical (unpaired) electrons. The summed E-state index contributed by atoms with van der Waals surface area (Å²) in [6, 6.07) is 0. The lowest BCUT2D eigenvalue weighted by Crippen LogP contribution is -1.93. The summed E-state index contributed by atoms with van der Waals surface area (Å²) in [5, 5.41) is 0.406. The lowest BCUT2D eigenvalue weighted by atomic mass is 11.3. The molecule has 0 unspecified atom stereocenters. The number of rotatable bonds is 4. The van der Waals surface area contributed by atoms with Gasteiger partial charge < -0.3 is 0 Å². The third kappa shape index (κ3) is 3.53. The molecule has 0 fully saturated rings. The second-order valence-corrected chi connectivity index (χ2v) is 8.40. The first-order valence-electron chi connectivity index (χ1n) is 3.65. The number of halogens is 2. The number of thioether (sulfide) groups is 1. The fourth-order valence-electron chi connectivity index (χ4n) is 0.691. The molecule has 2 rings (SSSR count). The van der Waals surface area contributed by atoms with Crippen LogP contribution < -0.4 is 0 Å². The molecule has 0 aliphatic heterocycles. The van der Waals surface area contributed by atoms with Crippen molar-refractivity contribution in [1.82, 2.24) is 18.7 Å². The van der Waals surface area contributed by atoms with Crippen molar-refractivity contribution in [3.63, 3.8) is 0 Å². The van der Waals surface area contributed by atoms with Gasteiger partial charge in [0.2, 0.25) is 13.8 Å². The van der Waals surface area contributed by atoms with Crippen LogP contribution in [0.15, 0.2) is 18.1 Å². The Morgan fingerprint density at radius 1 is 1.19 bits per heavy atom. The second-order valence-electron chi connectivity index (χ2n) is 2.27. The van der Waals surface area contributed by atoms with Crippen molar-refractivity contribution in [2.75, 3.05) is 5.08 Å². The summed E-state index contributed by atoms with van der Waals surface area (Å²) in [6.07, 6.45) is 0. The van der Waals surface area contributed by atoms with E-state index in [1.165, 1.54) is 23.3 Å². The molecule has 0 saturated heterocycles. The van der Waals surface area contributed by atoms with Gasteiger partial charge in [-0.15, -0.1) is 0 Å². The lowest BCUT2D eigenvalue weighted by molar-refractivity contribution is 0.685. The highest BCUT2D eigenvalue weighted by Crippen LogP contribution is 2.25. The third-order valence-electron chi connectivity index (χ3n) is 1.25. The van der Waals surface area contributed by atoms with E-state index >= 15 is 0 Å². The maximum Gasteiger partial charge on any atom is 0.210 e. The largest absolute Gasteiger partial charge is 0.251 e. The maximum atomic E-state index is 11.8. The van der Waals surface area contributed by atoms with Crippen molar-refractivity contribution < 1.29 is 4.21 Å². The Bertz CT molecular complexity index is 514. The van der Waals surface area contributed by atoms with Gasteiger partial charge in [0.1, 0.15) is 0 Å². The Hall–Kier alpha value is 0.580. The summed E-state index contributed by atoms with van der Waals surface area (Å²) in [5.41, 5.74) is 0. The molecule has 0 N–H and O–H groups in total. The van der Waals surface area contributed by atoms with Gasteiger partial charge in [-0.2, -0.15) is 13.7 Å². The molecule has 2 aromatic heterocycles. The van der Waals surface area contributed by atoms with Crippen molar-refractivity contribution in [2.45, 2.75) is 8.68 Å². The molecule has 0 spiro atoms. The van der Waals surface area contributed by atoms with Gasteiger partial charge in [0.05, 0.1) is 15.9 Å². The van der Waals surface area contributed by atoms with Crippen molar-refractivity contribution in [2.24, 2.45) is 0 Å². The Balaban J connectivity index is 1.93. The van der Waals surface area contributed by atoms with Crippen LogP contribution in [0.4, 0.5) is 0 Å². The molecule has 5 nitrogen and oxygen atoms in total. The minimum absolute atomic E-state index is 0.406. The molecule has 0 aromatic carbocycles. The van der Waals surface area contributed by atoms with Crippen LogP contribution in [0, 0.1) is 0 Å². The molecule has 1 atom stereocenters. The predicted octanol–water partition coefficient (Wildman–Crippen LogP) is 2.77. The third-order valence-corrected chi connectivity index (χ3v) is 6.96. The van der Waals surface area contributed by atoms with Crippen LogP contribution in [0.5, 0.6) is 0 Å². The molecule has 86 valence electrons. The summed E-state index contributed by atoms with van der Waals surface area (Å²) in [5.74, 6) is 0. The van der Waals surface area contributed by atoms with Crippen molar-refractivity contribution >= 4 is 77.5 Å². The van der Waals surface area contributed by atoms with E-state index in [-0.39, 0.29) is 0 Å². The summed E-state index contributed by atoms with van der Waals surface area (Å²) in [7, 11) is -1.15. The molecule has 0 bridgehead atoms. The predicted molar refractivity (Wildman–Crippen MR) is 72.4 cm³/mol. The lowest BCUT2D eigenvalue weighted by Gasteiger charge is -1.93. The maximum absolute atomic E-state index is 11.8. The molecule has 0 amide bonds. The standard InChI is InChI=1S/C5H2Br2N4OS4/c6-2-8-4(14-10-2)13-1-16(12)5-9-3(7)11-15-5/h1H2/t16-/m0/s1. The van der Waals surface area contributed by atoms with E-state index in [1.807, 2.05) is 0 Å². The monoisotopic (exact) mass is 420 g/mol. The van der Waals surface area contributed by atoms with E-state index in [4.69, 9.17) is 0 Å². The van der Waals surface area contributed by atoms with Gasteiger partial charge in [0.15, 0.2) is 4.34 Å². The normalized spacial score (nSPS) is 12.9. The number of hydrogen-bond donors (Lipinski definition) is 0. The van der Waals surface area contributed by atoms with Crippen LogP contribution in [0.2, 0.25) is 0 Å². The van der Waals surface area contributed by atoms with Gasteiger partial charge in [-0.25, -0.2) is 4.98 Å². The van der Waals surface area contributed by atoms with E-state index in [9.17, 15) is 4.21 Å². The Morgan fingerprint density at radius 2 is 1.88 bits per heavy atom. The fourth-order valence-corrected chi connectivity index (χ4v) is 5.80. The number of hydrogen-bond acceptors (Lipinski definition) is 8. The molecule has 0 saturated carbocycles. The highest BCUT2D eigenvalue weighted by Gasteiger charge is 2.12. The van der Waals surface area contributed by atoms with Crippen LogP contribution in [0.1, 0.15) is 0 Å². The smallest absolute Gasteiger partial charge is 0.210 e. The Kier molecular flexibility index (Phi) is 4.85. The van der Waals surface area contributed by atoms with E-state index in [2.05, 4.69) is 50.6 Å². The van der Waals surface area contributed by atoms with Crippen LogP contribution in [0.3, 0.4) is 0 Å². The minimum atomic E-state index is -1.15. The molecule has 16 heavy (non-hydrogen) atoms. The van der Waals surface area contributed by atoms with E-state index < -0.39 is 10.8 Å². The number of aromatic nitrogens is 4. The van der Waals surface area contributed by atoms with Gasteiger partial charge >= 0.3 is 0 Å². The van der Waals surface area contributed by atoms with Crippen LogP contribution >= 0.6 is 66.7 Å². The summed E-state index contributed by atoms with van der Waals surface area (Å²) < 4.78 is 22.0. The number of nitrogens with zero attached hydrogens (tertiary/aromatic N) is 4. The van der Waals surface area contributed by atoms with Crippen LogP contribution in [-0.4, -0.2) is 28.0 Å². The van der Waals surface area contributed by atoms with Gasteiger partial charge in [0, 0.05) is 0 Å². The zero-order valence-corrected chi connectivity index (χ0v) is 13.7. The summed E-state index contributed by atoms with van der Waals surface area (Å²) in [6.45, 7) is 0. The highest BCUT2D eigenvalue weighted by molar-refractivity contribution is 9.10.